The molecule has 4 heteroatoms. The topological polar surface area (TPSA) is 21.3 Å². The van der Waals surface area contributed by atoms with Crippen LogP contribution < -0.4 is 10.1 Å². The number of halogens is 2. The largest absolute Gasteiger partial charge is 0.488 e. The summed E-state index contributed by atoms with van der Waals surface area (Å²) < 4.78 is 6.92. The molecule has 2 rings (SSSR count). The Kier molecular flexibility index (Phi) is 8.65. The molecular formula is C22H31BrClNO. The number of ether oxygens (including phenoxy) is 1. The summed E-state index contributed by atoms with van der Waals surface area (Å²) in [5.74, 6) is 0.876. The normalized spacial score (nSPS) is 11.8. The second kappa shape index (κ2) is 9.77. The van der Waals surface area contributed by atoms with Gasteiger partial charge in [-0.15, -0.1) is 12.4 Å². The van der Waals surface area contributed by atoms with Crippen molar-refractivity contribution in [3.8, 4) is 5.75 Å². The summed E-state index contributed by atoms with van der Waals surface area (Å²) in [6.45, 7) is 12.8. The van der Waals surface area contributed by atoms with E-state index in [0.29, 0.717) is 12.0 Å². The molecule has 0 aliphatic rings. The molecule has 2 aromatic rings. The molecule has 26 heavy (non-hydrogen) atoms. The molecule has 0 radical (unpaired) electrons. The van der Waals surface area contributed by atoms with E-state index in [9.17, 15) is 0 Å². The van der Waals surface area contributed by atoms with Crippen molar-refractivity contribution in [3.05, 3.63) is 64.1 Å². The van der Waals surface area contributed by atoms with Crippen LogP contribution in [0.2, 0.25) is 0 Å². The van der Waals surface area contributed by atoms with E-state index in [1.807, 2.05) is 24.3 Å². The van der Waals surface area contributed by atoms with E-state index in [0.717, 1.165) is 23.2 Å². The highest BCUT2D eigenvalue weighted by Gasteiger charge is 2.24. The summed E-state index contributed by atoms with van der Waals surface area (Å²) in [6.07, 6.45) is 1.12. The van der Waals surface area contributed by atoms with E-state index in [-0.39, 0.29) is 17.9 Å². The maximum absolute atomic E-state index is 5.92. The van der Waals surface area contributed by atoms with Gasteiger partial charge in [0.15, 0.2) is 0 Å². The lowest BCUT2D eigenvalue weighted by atomic mass is 9.82. The zero-order valence-corrected chi connectivity index (χ0v) is 18.8. The molecule has 0 fully saturated rings. The third-order valence-corrected chi connectivity index (χ3v) is 4.60. The monoisotopic (exact) mass is 439 g/mol. The highest BCUT2D eigenvalue weighted by molar-refractivity contribution is 9.10. The van der Waals surface area contributed by atoms with Gasteiger partial charge in [-0.1, -0.05) is 57.2 Å². The fourth-order valence-corrected chi connectivity index (χ4v) is 3.78. The van der Waals surface area contributed by atoms with Gasteiger partial charge in [0.1, 0.15) is 12.4 Å². The third kappa shape index (κ3) is 8.11. The molecule has 2 nitrogen and oxygen atoms in total. The fraction of sp³-hybridized carbons (Fsp3) is 0.455. The first-order chi connectivity index (χ1) is 11.6. The first-order valence-corrected chi connectivity index (χ1v) is 9.64. The van der Waals surface area contributed by atoms with Crippen molar-refractivity contribution in [2.24, 2.45) is 5.41 Å². The minimum atomic E-state index is 0. The van der Waals surface area contributed by atoms with Crippen LogP contribution in [0.3, 0.4) is 0 Å². The highest BCUT2D eigenvalue weighted by atomic mass is 79.9. The SMILES string of the molecule is CC(C)(C)CC(C)(C)NCc1ccc(OCc2ccccc2)c(Br)c1.Cl. The van der Waals surface area contributed by atoms with Crippen LogP contribution in [0.5, 0.6) is 5.75 Å². The lowest BCUT2D eigenvalue weighted by molar-refractivity contribution is 0.240. The Labute approximate surface area is 173 Å². The van der Waals surface area contributed by atoms with Gasteiger partial charge in [-0.3, -0.25) is 0 Å². The van der Waals surface area contributed by atoms with Crippen LogP contribution in [0, 0.1) is 5.41 Å². The predicted octanol–water partition coefficient (Wildman–Crippen LogP) is 6.75. The van der Waals surface area contributed by atoms with E-state index in [2.05, 4.69) is 80.1 Å². The molecule has 0 aliphatic heterocycles. The average Bonchev–Trinajstić information content (AvgIpc) is 2.51. The van der Waals surface area contributed by atoms with Crippen molar-refractivity contribution in [2.45, 2.75) is 59.7 Å². The maximum atomic E-state index is 5.92. The summed E-state index contributed by atoms with van der Waals surface area (Å²) in [7, 11) is 0. The molecule has 1 N–H and O–H groups in total. The van der Waals surface area contributed by atoms with Crippen LogP contribution in [-0.4, -0.2) is 5.54 Å². The van der Waals surface area contributed by atoms with Crippen molar-refractivity contribution in [3.63, 3.8) is 0 Å². The molecule has 0 atom stereocenters. The summed E-state index contributed by atoms with van der Waals surface area (Å²) in [5, 5.41) is 3.67. The van der Waals surface area contributed by atoms with Crippen LogP contribution in [-0.2, 0) is 13.2 Å². The van der Waals surface area contributed by atoms with Crippen molar-refractivity contribution < 1.29 is 4.74 Å². The Hall–Kier alpha value is -1.03. The number of nitrogens with one attached hydrogen (secondary N) is 1. The minimum Gasteiger partial charge on any atom is -0.488 e. The number of hydrogen-bond donors (Lipinski definition) is 1. The van der Waals surface area contributed by atoms with Gasteiger partial charge < -0.3 is 10.1 Å². The summed E-state index contributed by atoms with van der Waals surface area (Å²) >= 11 is 3.64. The van der Waals surface area contributed by atoms with Gasteiger partial charge in [0.2, 0.25) is 0 Å². The zero-order valence-electron chi connectivity index (χ0n) is 16.4. The zero-order chi connectivity index (χ0) is 18.5. The molecule has 144 valence electrons. The second-order valence-electron chi connectivity index (χ2n) is 8.51. The molecule has 0 saturated carbocycles. The van der Waals surface area contributed by atoms with Gasteiger partial charge in [0, 0.05) is 12.1 Å². The van der Waals surface area contributed by atoms with Crippen LogP contribution in [0.1, 0.15) is 52.2 Å². The van der Waals surface area contributed by atoms with E-state index in [1.165, 1.54) is 11.1 Å². The summed E-state index contributed by atoms with van der Waals surface area (Å²) in [5.41, 5.74) is 2.84. The van der Waals surface area contributed by atoms with Crippen LogP contribution in [0.4, 0.5) is 0 Å². The van der Waals surface area contributed by atoms with Crippen molar-refractivity contribution in [1.29, 1.82) is 0 Å². The molecule has 0 aliphatic carbocycles. The van der Waals surface area contributed by atoms with Gasteiger partial charge in [0.25, 0.3) is 0 Å². The van der Waals surface area contributed by atoms with Gasteiger partial charge in [0.05, 0.1) is 4.47 Å². The Bertz CT molecular complexity index is 680. The molecule has 0 spiro atoms. The van der Waals surface area contributed by atoms with Gasteiger partial charge in [-0.25, -0.2) is 0 Å². The number of rotatable bonds is 7. The molecule has 0 bridgehead atoms. The Balaban J connectivity index is 0.00000338. The first-order valence-electron chi connectivity index (χ1n) is 8.85. The Morgan fingerprint density at radius 1 is 0.923 bits per heavy atom. The van der Waals surface area contributed by atoms with E-state index >= 15 is 0 Å². The van der Waals surface area contributed by atoms with Gasteiger partial charge in [-0.05, 0) is 64.9 Å². The maximum Gasteiger partial charge on any atom is 0.134 e. The predicted molar refractivity (Wildman–Crippen MR) is 117 cm³/mol. The number of hydrogen-bond acceptors (Lipinski definition) is 2. The first kappa shape index (κ1) is 23.0. The van der Waals surface area contributed by atoms with E-state index in [4.69, 9.17) is 4.74 Å². The fourth-order valence-electron chi connectivity index (χ4n) is 3.24. The lowest BCUT2D eigenvalue weighted by Gasteiger charge is -2.33. The Morgan fingerprint density at radius 2 is 1.58 bits per heavy atom. The van der Waals surface area contributed by atoms with Gasteiger partial charge in [-0.2, -0.15) is 0 Å². The van der Waals surface area contributed by atoms with E-state index < -0.39 is 0 Å². The van der Waals surface area contributed by atoms with Crippen LogP contribution >= 0.6 is 28.3 Å². The molecule has 2 aromatic carbocycles. The quantitative estimate of drug-likeness (QED) is 0.514. The van der Waals surface area contributed by atoms with Crippen LogP contribution in [0.15, 0.2) is 53.0 Å². The molecule has 0 unspecified atom stereocenters. The van der Waals surface area contributed by atoms with E-state index in [1.54, 1.807) is 0 Å². The third-order valence-electron chi connectivity index (χ3n) is 3.98. The standard InChI is InChI=1S/C22H30BrNO.ClH/c1-21(2,3)16-22(4,5)24-14-18-11-12-20(19(23)13-18)25-15-17-9-7-6-8-10-17;/h6-13,24H,14-16H2,1-5H3;1H. The number of benzene rings is 2. The highest BCUT2D eigenvalue weighted by Crippen LogP contribution is 2.29. The van der Waals surface area contributed by atoms with Crippen molar-refractivity contribution in [1.82, 2.24) is 5.32 Å². The average molecular weight is 441 g/mol. The summed E-state index contributed by atoms with van der Waals surface area (Å²) in [4.78, 5) is 0. The Morgan fingerprint density at radius 3 is 2.15 bits per heavy atom. The lowest BCUT2D eigenvalue weighted by Crippen LogP contribution is -2.41. The molecule has 0 heterocycles. The van der Waals surface area contributed by atoms with Crippen LogP contribution in [0.25, 0.3) is 0 Å². The minimum absolute atomic E-state index is 0. The molecular weight excluding hydrogens is 410 g/mol. The molecule has 0 aromatic heterocycles. The van der Waals surface area contributed by atoms with Gasteiger partial charge >= 0.3 is 0 Å². The molecule has 0 saturated heterocycles. The van der Waals surface area contributed by atoms with Crippen molar-refractivity contribution in [2.75, 3.05) is 0 Å². The smallest absolute Gasteiger partial charge is 0.134 e. The summed E-state index contributed by atoms with van der Waals surface area (Å²) in [6, 6.07) is 16.5. The molecule has 0 amide bonds. The second-order valence-corrected chi connectivity index (χ2v) is 9.37. The van der Waals surface area contributed by atoms with Crippen molar-refractivity contribution >= 4 is 28.3 Å².